The first-order valence-corrected chi connectivity index (χ1v) is 8.44. The van der Waals surface area contributed by atoms with Gasteiger partial charge in [-0.2, -0.15) is 0 Å². The first-order chi connectivity index (χ1) is 11.1. The molecular formula is C18H27N3O2. The van der Waals surface area contributed by atoms with Crippen LogP contribution >= 0.6 is 0 Å². The fraction of sp³-hybridized carbons (Fsp3) is 0.556. The largest absolute Gasteiger partial charge is 0.354 e. The number of hydrogen-bond acceptors (Lipinski definition) is 3. The van der Waals surface area contributed by atoms with E-state index >= 15 is 0 Å². The second-order valence-electron chi connectivity index (χ2n) is 6.23. The molecule has 1 saturated heterocycles. The van der Waals surface area contributed by atoms with E-state index in [-0.39, 0.29) is 17.9 Å². The molecule has 5 heteroatoms. The number of likely N-dealkylation sites (N-methyl/N-ethyl adjacent to an activating group) is 1. The molecule has 2 N–H and O–H groups in total. The lowest BCUT2D eigenvalue weighted by Gasteiger charge is -2.19. The molecule has 1 aliphatic heterocycles. The third-order valence-electron chi connectivity index (χ3n) is 4.13. The van der Waals surface area contributed by atoms with E-state index in [9.17, 15) is 9.59 Å². The van der Waals surface area contributed by atoms with Crippen molar-refractivity contribution in [3.63, 3.8) is 0 Å². The first-order valence-electron chi connectivity index (χ1n) is 8.44. The van der Waals surface area contributed by atoms with Gasteiger partial charge in [-0.1, -0.05) is 30.3 Å². The van der Waals surface area contributed by atoms with Crippen LogP contribution in [0.5, 0.6) is 0 Å². The van der Waals surface area contributed by atoms with Crippen molar-refractivity contribution in [2.24, 2.45) is 0 Å². The number of nitrogens with one attached hydrogen (secondary N) is 2. The van der Waals surface area contributed by atoms with Crippen molar-refractivity contribution in [2.45, 2.75) is 38.1 Å². The third kappa shape index (κ3) is 6.40. The molecule has 1 fully saturated rings. The Morgan fingerprint density at radius 2 is 2.09 bits per heavy atom. The van der Waals surface area contributed by atoms with E-state index in [4.69, 9.17) is 0 Å². The average Bonchev–Trinajstić information content (AvgIpc) is 2.73. The lowest BCUT2D eigenvalue weighted by atomic mass is 10.1. The Kier molecular flexibility index (Phi) is 7.07. The summed E-state index contributed by atoms with van der Waals surface area (Å²) < 4.78 is 0. The smallest absolute Gasteiger partial charge is 0.242 e. The molecule has 2 amide bonds. The molecule has 1 aliphatic rings. The van der Waals surface area contributed by atoms with Gasteiger partial charge in [0.15, 0.2) is 0 Å². The second kappa shape index (κ2) is 9.30. The number of nitrogens with zero attached hydrogens (tertiary/aromatic N) is 1. The average molecular weight is 317 g/mol. The number of rotatable bonds is 7. The van der Waals surface area contributed by atoms with Gasteiger partial charge in [-0.05, 0) is 51.3 Å². The predicted molar refractivity (Wildman–Crippen MR) is 91.1 cm³/mol. The summed E-state index contributed by atoms with van der Waals surface area (Å²) in [7, 11) is 1.94. The highest BCUT2D eigenvalue weighted by Crippen LogP contribution is 2.06. The normalized spacial score (nSPS) is 18.3. The van der Waals surface area contributed by atoms with Crippen LogP contribution in [0.2, 0.25) is 0 Å². The highest BCUT2D eigenvalue weighted by atomic mass is 16.2. The minimum Gasteiger partial charge on any atom is -0.354 e. The summed E-state index contributed by atoms with van der Waals surface area (Å²) in [4.78, 5) is 25.9. The Bertz CT molecular complexity index is 504. The van der Waals surface area contributed by atoms with Gasteiger partial charge in [-0.3, -0.25) is 14.5 Å². The number of hydrogen-bond donors (Lipinski definition) is 2. The zero-order chi connectivity index (χ0) is 16.5. The monoisotopic (exact) mass is 317 g/mol. The molecule has 1 aromatic carbocycles. The number of amides is 2. The number of benzene rings is 1. The molecule has 1 aromatic rings. The van der Waals surface area contributed by atoms with Crippen LogP contribution in [0.25, 0.3) is 0 Å². The van der Waals surface area contributed by atoms with E-state index in [1.165, 1.54) is 5.56 Å². The lowest BCUT2D eigenvalue weighted by molar-refractivity contribution is -0.129. The van der Waals surface area contributed by atoms with Crippen LogP contribution in [0.3, 0.4) is 0 Å². The minimum absolute atomic E-state index is 0.0532. The van der Waals surface area contributed by atoms with Crippen molar-refractivity contribution in [3.8, 4) is 0 Å². The molecule has 0 spiro atoms. The molecular weight excluding hydrogens is 290 g/mol. The Morgan fingerprint density at radius 3 is 2.87 bits per heavy atom. The number of carbonyl (C=O) groups excluding carboxylic acids is 2. The van der Waals surface area contributed by atoms with Crippen LogP contribution in [0.4, 0.5) is 0 Å². The molecule has 0 saturated carbocycles. The van der Waals surface area contributed by atoms with Crippen LogP contribution < -0.4 is 10.6 Å². The molecule has 126 valence electrons. The Hall–Kier alpha value is -1.88. The summed E-state index contributed by atoms with van der Waals surface area (Å²) in [6.07, 6.45) is 4.71. The molecule has 0 radical (unpaired) electrons. The topological polar surface area (TPSA) is 61.4 Å². The van der Waals surface area contributed by atoms with E-state index in [1.54, 1.807) is 0 Å². The summed E-state index contributed by atoms with van der Waals surface area (Å²) in [6.45, 7) is 1.91. The van der Waals surface area contributed by atoms with Crippen LogP contribution in [-0.4, -0.2) is 49.4 Å². The van der Waals surface area contributed by atoms with Crippen LogP contribution in [0.1, 0.15) is 31.2 Å². The molecule has 0 aromatic heterocycles. The summed E-state index contributed by atoms with van der Waals surface area (Å²) in [5.74, 6) is -0.128. The molecule has 1 heterocycles. The zero-order valence-corrected chi connectivity index (χ0v) is 13.9. The van der Waals surface area contributed by atoms with Crippen molar-refractivity contribution in [1.82, 2.24) is 15.5 Å². The fourth-order valence-electron chi connectivity index (χ4n) is 2.84. The van der Waals surface area contributed by atoms with Crippen molar-refractivity contribution in [3.05, 3.63) is 35.9 Å². The standard InChI is InChI=1S/C18H27N3O2/c1-21(13-7-10-15-8-3-2-4-9-15)14-17(22)20-16-11-5-6-12-19-18(16)23/h2-4,8-9,16H,5-7,10-14H2,1H3,(H,19,23)(H,20,22)/t16-/m0/s1. The van der Waals surface area contributed by atoms with E-state index in [0.717, 1.165) is 38.6 Å². The number of carbonyl (C=O) groups is 2. The number of aryl methyl sites for hydroxylation is 1. The lowest BCUT2D eigenvalue weighted by Crippen LogP contribution is -2.48. The summed E-state index contributed by atoms with van der Waals surface area (Å²) in [6, 6.07) is 9.98. The summed E-state index contributed by atoms with van der Waals surface area (Å²) in [5.41, 5.74) is 1.32. The van der Waals surface area contributed by atoms with Gasteiger partial charge in [0, 0.05) is 6.54 Å². The van der Waals surface area contributed by atoms with Gasteiger partial charge in [-0.15, -0.1) is 0 Å². The SMILES string of the molecule is CN(CCCc1ccccc1)CC(=O)N[C@H]1CCCCNC1=O. The van der Waals surface area contributed by atoms with Gasteiger partial charge in [-0.25, -0.2) is 0 Å². The van der Waals surface area contributed by atoms with Crippen molar-refractivity contribution >= 4 is 11.8 Å². The van der Waals surface area contributed by atoms with Crippen molar-refractivity contribution < 1.29 is 9.59 Å². The molecule has 0 unspecified atom stereocenters. The molecule has 23 heavy (non-hydrogen) atoms. The van der Waals surface area contributed by atoms with Gasteiger partial charge in [0.2, 0.25) is 11.8 Å². The van der Waals surface area contributed by atoms with Gasteiger partial charge in [0.25, 0.3) is 0 Å². The van der Waals surface area contributed by atoms with E-state index in [2.05, 4.69) is 22.8 Å². The predicted octanol–water partition coefficient (Wildman–Crippen LogP) is 1.34. The van der Waals surface area contributed by atoms with Gasteiger partial charge < -0.3 is 10.6 Å². The van der Waals surface area contributed by atoms with Crippen LogP contribution in [0, 0.1) is 0 Å². The van der Waals surface area contributed by atoms with Gasteiger partial charge >= 0.3 is 0 Å². The Morgan fingerprint density at radius 1 is 1.30 bits per heavy atom. The highest BCUT2D eigenvalue weighted by Gasteiger charge is 2.22. The molecule has 0 aliphatic carbocycles. The molecule has 1 atom stereocenters. The zero-order valence-electron chi connectivity index (χ0n) is 13.9. The molecule has 5 nitrogen and oxygen atoms in total. The molecule has 2 rings (SSSR count). The highest BCUT2D eigenvalue weighted by molar-refractivity contribution is 5.88. The van der Waals surface area contributed by atoms with E-state index in [0.29, 0.717) is 13.1 Å². The maximum Gasteiger partial charge on any atom is 0.242 e. The van der Waals surface area contributed by atoms with Crippen LogP contribution in [0.15, 0.2) is 30.3 Å². The fourth-order valence-corrected chi connectivity index (χ4v) is 2.84. The molecule has 0 bridgehead atoms. The summed E-state index contributed by atoms with van der Waals surface area (Å²) in [5, 5.41) is 5.69. The maximum absolute atomic E-state index is 12.1. The Balaban J connectivity index is 1.66. The minimum atomic E-state index is -0.372. The van der Waals surface area contributed by atoms with E-state index in [1.807, 2.05) is 30.1 Å². The Labute approximate surface area is 138 Å². The third-order valence-corrected chi connectivity index (χ3v) is 4.13. The summed E-state index contributed by atoms with van der Waals surface area (Å²) >= 11 is 0. The van der Waals surface area contributed by atoms with Crippen molar-refractivity contribution in [1.29, 1.82) is 0 Å². The maximum atomic E-state index is 12.1. The van der Waals surface area contributed by atoms with Crippen LogP contribution in [-0.2, 0) is 16.0 Å². The van der Waals surface area contributed by atoms with Gasteiger partial charge in [0.1, 0.15) is 6.04 Å². The second-order valence-corrected chi connectivity index (χ2v) is 6.23. The van der Waals surface area contributed by atoms with Crippen molar-refractivity contribution in [2.75, 3.05) is 26.7 Å². The quantitative estimate of drug-likeness (QED) is 0.798. The first kappa shape index (κ1) is 17.5. The van der Waals surface area contributed by atoms with Gasteiger partial charge in [0.05, 0.1) is 6.54 Å². The van der Waals surface area contributed by atoms with E-state index < -0.39 is 0 Å².